The molecule has 0 spiro atoms. The molecule has 43 heavy (non-hydrogen) atoms. The number of halogens is 2. The summed E-state index contributed by atoms with van der Waals surface area (Å²) >= 11 is 0. The number of ether oxygens (including phenoxy) is 2. The molecule has 6 rings (SSSR count). The van der Waals surface area contributed by atoms with Gasteiger partial charge in [-0.05, 0) is 54.0 Å². The molecule has 4 aromatic rings. The Morgan fingerprint density at radius 3 is 2.53 bits per heavy atom. The van der Waals surface area contributed by atoms with Gasteiger partial charge in [-0.15, -0.1) is 0 Å². The highest BCUT2D eigenvalue weighted by atomic mass is 32.2. The van der Waals surface area contributed by atoms with Crippen LogP contribution in [0.25, 0.3) is 16.8 Å². The van der Waals surface area contributed by atoms with Crippen LogP contribution in [0.15, 0.2) is 48.9 Å². The fourth-order valence-electron chi connectivity index (χ4n) is 6.75. The lowest BCUT2D eigenvalue weighted by Crippen LogP contribution is -2.48. The van der Waals surface area contributed by atoms with Crippen molar-refractivity contribution in [3.63, 3.8) is 0 Å². The molecule has 1 aliphatic carbocycles. The molecule has 2 fully saturated rings. The summed E-state index contributed by atoms with van der Waals surface area (Å²) in [5.74, 6) is -0.854. The van der Waals surface area contributed by atoms with E-state index < -0.39 is 32.8 Å². The molecule has 12 heteroatoms. The van der Waals surface area contributed by atoms with Crippen molar-refractivity contribution in [3.8, 4) is 17.0 Å². The minimum Gasteiger partial charge on any atom is -0.490 e. The van der Waals surface area contributed by atoms with Crippen molar-refractivity contribution >= 4 is 15.4 Å². The topological polar surface area (TPSA) is 122 Å². The van der Waals surface area contributed by atoms with Gasteiger partial charge in [-0.3, -0.25) is 4.98 Å². The number of hydrogen-bond acceptors (Lipinski definition) is 8. The zero-order chi connectivity index (χ0) is 30.3. The Balaban J connectivity index is 1.27. The van der Waals surface area contributed by atoms with Crippen LogP contribution in [0.5, 0.6) is 5.75 Å². The first-order valence-corrected chi connectivity index (χ1v) is 16.5. The van der Waals surface area contributed by atoms with Gasteiger partial charge < -0.3 is 15.2 Å². The Morgan fingerprint density at radius 2 is 1.84 bits per heavy atom. The summed E-state index contributed by atoms with van der Waals surface area (Å²) in [7, 11) is -3.27. The molecule has 228 valence electrons. The molecule has 3 aromatic heterocycles. The van der Waals surface area contributed by atoms with E-state index in [1.165, 1.54) is 18.4 Å². The van der Waals surface area contributed by atoms with Gasteiger partial charge >= 0.3 is 0 Å². The molecule has 0 bridgehead atoms. The second-order valence-corrected chi connectivity index (χ2v) is 14.0. The first-order chi connectivity index (χ1) is 20.6. The third-order valence-electron chi connectivity index (χ3n) is 8.62. The normalized spacial score (nSPS) is 23.5. The molecular formula is C31H35F2N5O4S. The van der Waals surface area contributed by atoms with Crippen LogP contribution in [0.4, 0.5) is 8.78 Å². The molecule has 1 saturated carbocycles. The predicted octanol–water partition coefficient (Wildman–Crippen LogP) is 4.47. The van der Waals surface area contributed by atoms with Gasteiger partial charge in [0.2, 0.25) is 0 Å². The highest BCUT2D eigenvalue weighted by Crippen LogP contribution is 2.40. The molecule has 1 aliphatic heterocycles. The number of nitrogens with zero attached hydrogens (tertiary/aromatic N) is 4. The highest BCUT2D eigenvalue weighted by Gasteiger charge is 2.40. The summed E-state index contributed by atoms with van der Waals surface area (Å²) < 4.78 is 68.0. The molecule has 1 saturated heterocycles. The van der Waals surface area contributed by atoms with E-state index in [9.17, 15) is 8.42 Å². The summed E-state index contributed by atoms with van der Waals surface area (Å²) in [6.45, 7) is 3.05. The molecule has 2 aliphatic rings. The van der Waals surface area contributed by atoms with Gasteiger partial charge in [-0.2, -0.15) is 5.10 Å². The predicted molar refractivity (Wildman–Crippen MR) is 158 cm³/mol. The van der Waals surface area contributed by atoms with Crippen LogP contribution in [0.3, 0.4) is 0 Å². The zero-order valence-electron chi connectivity index (χ0n) is 24.1. The van der Waals surface area contributed by atoms with E-state index in [0.29, 0.717) is 56.7 Å². The number of fused-ring (bicyclic) bond motifs is 1. The molecule has 1 aromatic carbocycles. The number of sulfone groups is 1. The first kappa shape index (κ1) is 29.6. The molecule has 4 heterocycles. The quantitative estimate of drug-likeness (QED) is 0.325. The van der Waals surface area contributed by atoms with Crippen molar-refractivity contribution in [3.05, 3.63) is 77.5 Å². The number of aromatic nitrogens is 4. The second kappa shape index (κ2) is 11.9. The van der Waals surface area contributed by atoms with E-state index >= 15 is 8.78 Å². The lowest BCUT2D eigenvalue weighted by atomic mass is 9.75. The minimum atomic E-state index is -3.27. The van der Waals surface area contributed by atoms with E-state index in [-0.39, 0.29) is 34.9 Å². The van der Waals surface area contributed by atoms with Crippen molar-refractivity contribution in [2.45, 2.75) is 62.3 Å². The van der Waals surface area contributed by atoms with Crippen LogP contribution in [0.1, 0.15) is 55.5 Å². The summed E-state index contributed by atoms with van der Waals surface area (Å²) in [5.41, 5.74) is 8.91. The van der Waals surface area contributed by atoms with Gasteiger partial charge in [0, 0.05) is 56.1 Å². The summed E-state index contributed by atoms with van der Waals surface area (Å²) in [5, 5.41) is 4.01. The average molecular weight is 612 g/mol. The van der Waals surface area contributed by atoms with Crippen molar-refractivity contribution < 1.29 is 26.7 Å². The van der Waals surface area contributed by atoms with Gasteiger partial charge in [-0.1, -0.05) is 6.92 Å². The van der Waals surface area contributed by atoms with Gasteiger partial charge in [0.05, 0.1) is 41.4 Å². The standard InChI is InChI=1S/C31H35F2N5O4S/c1-18-11-19(12-27(34)31(18)43(2,39)40)24-5-8-35-16-20(24)13-29-36-17-21-3-4-28(37-38(21)29)30-25(32)14-23(15-26(30)33)42-22-6-9-41-10-7-22/h3-5,8,14-19,22,27,31H,6-7,9-13,34H2,1-2H3/t18-,19+,27+,31+/m0/s1. The van der Waals surface area contributed by atoms with Crippen molar-refractivity contribution in [1.82, 2.24) is 19.6 Å². The van der Waals surface area contributed by atoms with Crippen LogP contribution in [-0.2, 0) is 21.0 Å². The minimum absolute atomic E-state index is 0.0563. The lowest BCUT2D eigenvalue weighted by Gasteiger charge is -2.38. The lowest BCUT2D eigenvalue weighted by molar-refractivity contribution is 0.0253. The van der Waals surface area contributed by atoms with Gasteiger partial charge in [0.1, 0.15) is 29.3 Å². The maximum absolute atomic E-state index is 15.3. The summed E-state index contributed by atoms with van der Waals surface area (Å²) in [4.78, 5) is 8.89. The van der Waals surface area contributed by atoms with Crippen molar-refractivity contribution in [1.29, 1.82) is 0 Å². The number of pyridine rings is 1. The van der Waals surface area contributed by atoms with E-state index in [1.807, 2.05) is 13.0 Å². The fourth-order valence-corrected chi connectivity index (χ4v) is 8.45. The Hall–Kier alpha value is -3.48. The zero-order valence-corrected chi connectivity index (χ0v) is 24.9. The smallest absolute Gasteiger partial charge is 0.152 e. The summed E-state index contributed by atoms with van der Waals surface area (Å²) in [6.07, 6.45) is 9.18. The van der Waals surface area contributed by atoms with E-state index in [4.69, 9.17) is 15.2 Å². The maximum Gasteiger partial charge on any atom is 0.152 e. The molecule has 9 nitrogen and oxygen atoms in total. The monoisotopic (exact) mass is 611 g/mol. The third kappa shape index (κ3) is 6.13. The molecule has 0 amide bonds. The third-order valence-corrected chi connectivity index (χ3v) is 10.4. The van der Waals surface area contributed by atoms with Crippen molar-refractivity contribution in [2.75, 3.05) is 19.5 Å². The van der Waals surface area contributed by atoms with Crippen LogP contribution in [-0.4, -0.2) is 64.9 Å². The van der Waals surface area contributed by atoms with Crippen molar-refractivity contribution in [2.24, 2.45) is 11.7 Å². The average Bonchev–Trinajstić information content (AvgIpc) is 3.34. The second-order valence-electron chi connectivity index (χ2n) is 11.8. The van der Waals surface area contributed by atoms with Crippen LogP contribution in [0, 0.1) is 17.6 Å². The number of rotatable bonds is 7. The highest BCUT2D eigenvalue weighted by molar-refractivity contribution is 7.91. The van der Waals surface area contributed by atoms with Gasteiger partial charge in [0.25, 0.3) is 0 Å². The molecule has 2 N–H and O–H groups in total. The van der Waals surface area contributed by atoms with Gasteiger partial charge in [-0.25, -0.2) is 26.7 Å². The Labute approximate surface area is 249 Å². The molecule has 0 radical (unpaired) electrons. The Morgan fingerprint density at radius 1 is 1.09 bits per heavy atom. The largest absolute Gasteiger partial charge is 0.490 e. The first-order valence-electron chi connectivity index (χ1n) is 14.5. The summed E-state index contributed by atoms with van der Waals surface area (Å²) in [6, 6.07) is 7.16. The number of benzene rings is 1. The van der Waals surface area contributed by atoms with E-state index in [1.54, 1.807) is 35.2 Å². The van der Waals surface area contributed by atoms with Crippen LogP contribution >= 0.6 is 0 Å². The van der Waals surface area contributed by atoms with E-state index in [2.05, 4.69) is 15.1 Å². The molecular weight excluding hydrogens is 576 g/mol. The number of nitrogens with two attached hydrogens (primary N) is 1. The number of hydrogen-bond donors (Lipinski definition) is 1. The fraction of sp³-hybridized carbons (Fsp3) is 0.452. The van der Waals surface area contributed by atoms with E-state index in [0.717, 1.165) is 11.1 Å². The molecule has 4 atom stereocenters. The SMILES string of the molecule is C[C@H]1C[C@@H](c2ccncc2Cc2ncc3ccc(-c4c(F)cc(OC5CCOCC5)cc4F)nn23)C[C@@H](N)[C@@H]1S(C)(=O)=O. The Kier molecular flexibility index (Phi) is 8.18. The maximum atomic E-state index is 15.3. The Bertz CT molecular complexity index is 1710. The van der Waals surface area contributed by atoms with Crippen LogP contribution in [0.2, 0.25) is 0 Å². The van der Waals surface area contributed by atoms with Crippen LogP contribution < -0.4 is 10.5 Å². The molecule has 0 unspecified atom stereocenters. The van der Waals surface area contributed by atoms with Gasteiger partial charge in [0.15, 0.2) is 9.84 Å². The number of imidazole rings is 1.